The van der Waals surface area contributed by atoms with E-state index in [-0.39, 0.29) is 23.5 Å². The molecule has 1 aromatic carbocycles. The van der Waals surface area contributed by atoms with Gasteiger partial charge in [0.2, 0.25) is 5.91 Å². The van der Waals surface area contributed by atoms with E-state index in [1.165, 1.54) is 0 Å². The first kappa shape index (κ1) is 16.1. The van der Waals surface area contributed by atoms with Crippen LogP contribution in [0.15, 0.2) is 30.5 Å². The van der Waals surface area contributed by atoms with Gasteiger partial charge < -0.3 is 9.47 Å². The summed E-state index contributed by atoms with van der Waals surface area (Å²) in [5.74, 6) is 0.295. The average Bonchev–Trinajstić information content (AvgIpc) is 3.01. The highest BCUT2D eigenvalue weighted by Crippen LogP contribution is 2.23. The van der Waals surface area contributed by atoms with Gasteiger partial charge in [0.25, 0.3) is 0 Å². The van der Waals surface area contributed by atoms with E-state index >= 15 is 0 Å². The van der Waals surface area contributed by atoms with Crippen LogP contribution in [0.3, 0.4) is 0 Å². The summed E-state index contributed by atoms with van der Waals surface area (Å²) in [6, 6.07) is 7.83. The van der Waals surface area contributed by atoms with Crippen molar-refractivity contribution in [1.29, 1.82) is 0 Å². The van der Waals surface area contributed by atoms with E-state index in [1.54, 1.807) is 4.90 Å². The maximum atomic E-state index is 12.7. The van der Waals surface area contributed by atoms with Crippen molar-refractivity contribution in [3.8, 4) is 0 Å². The smallest absolute Gasteiger partial charge is 0.227 e. The number of carbonyl (C=O) groups is 1. The number of para-hydroxylation sites is 1. The Bertz CT molecular complexity index is 839. The van der Waals surface area contributed by atoms with Crippen LogP contribution >= 0.6 is 0 Å². The van der Waals surface area contributed by atoms with E-state index in [1.807, 2.05) is 49.0 Å². The molecule has 2 heterocycles. The van der Waals surface area contributed by atoms with Gasteiger partial charge in [0, 0.05) is 36.7 Å². The van der Waals surface area contributed by atoms with Gasteiger partial charge in [-0.2, -0.15) is 0 Å². The van der Waals surface area contributed by atoms with Gasteiger partial charge >= 0.3 is 0 Å². The van der Waals surface area contributed by atoms with Crippen LogP contribution in [-0.4, -0.2) is 47.9 Å². The summed E-state index contributed by atoms with van der Waals surface area (Å²) in [6.07, 6.45) is 2.85. The van der Waals surface area contributed by atoms with Crippen LogP contribution in [-0.2, 0) is 28.1 Å². The third-order valence-electron chi connectivity index (χ3n) is 4.63. The Morgan fingerprint density at radius 1 is 1.35 bits per heavy atom. The van der Waals surface area contributed by atoms with Crippen molar-refractivity contribution in [2.75, 3.05) is 18.1 Å². The van der Waals surface area contributed by atoms with Crippen molar-refractivity contribution >= 4 is 26.6 Å². The number of nitrogens with zero attached hydrogens (tertiary/aromatic N) is 2. The van der Waals surface area contributed by atoms with Gasteiger partial charge in [-0.25, -0.2) is 8.42 Å². The van der Waals surface area contributed by atoms with E-state index < -0.39 is 9.84 Å². The van der Waals surface area contributed by atoms with Gasteiger partial charge in [0.1, 0.15) is 0 Å². The summed E-state index contributed by atoms with van der Waals surface area (Å²) in [4.78, 5) is 14.4. The normalized spacial score (nSPS) is 20.0. The first-order chi connectivity index (χ1) is 10.9. The first-order valence-corrected chi connectivity index (χ1v) is 9.76. The zero-order chi connectivity index (χ0) is 16.6. The quantitative estimate of drug-likeness (QED) is 0.856. The highest BCUT2D eigenvalue weighted by Gasteiger charge is 2.33. The summed E-state index contributed by atoms with van der Waals surface area (Å²) in [7, 11) is -1.02. The lowest BCUT2D eigenvalue weighted by atomic mass is 10.1. The second-order valence-electron chi connectivity index (χ2n) is 6.20. The van der Waals surface area contributed by atoms with Crippen LogP contribution in [0.4, 0.5) is 0 Å². The van der Waals surface area contributed by atoms with Crippen LogP contribution in [0.5, 0.6) is 0 Å². The predicted molar refractivity (Wildman–Crippen MR) is 91.1 cm³/mol. The maximum Gasteiger partial charge on any atom is 0.227 e. The summed E-state index contributed by atoms with van der Waals surface area (Å²) < 4.78 is 25.4. The van der Waals surface area contributed by atoms with E-state index in [2.05, 4.69) is 0 Å². The molecular weight excluding hydrogens is 312 g/mol. The minimum absolute atomic E-state index is 0.00551. The fourth-order valence-corrected chi connectivity index (χ4v) is 5.22. The van der Waals surface area contributed by atoms with Gasteiger partial charge in [-0.05, 0) is 25.0 Å². The molecule has 0 spiro atoms. The fraction of sp³-hybridized carbons (Fsp3) is 0.471. The minimum atomic E-state index is -2.99. The maximum absolute atomic E-state index is 12.7. The molecule has 0 N–H and O–H groups in total. The van der Waals surface area contributed by atoms with Gasteiger partial charge in [-0.1, -0.05) is 18.2 Å². The molecule has 0 radical (unpaired) electrons. The summed E-state index contributed by atoms with van der Waals surface area (Å²) in [6.45, 7) is 2.45. The van der Waals surface area contributed by atoms with Crippen LogP contribution < -0.4 is 0 Å². The van der Waals surface area contributed by atoms with Crippen molar-refractivity contribution in [3.05, 3.63) is 36.0 Å². The molecule has 5 nitrogen and oxygen atoms in total. The highest BCUT2D eigenvalue weighted by molar-refractivity contribution is 7.91. The molecule has 0 bridgehead atoms. The molecule has 23 heavy (non-hydrogen) atoms. The zero-order valence-corrected chi connectivity index (χ0v) is 14.3. The molecule has 1 saturated heterocycles. The Hall–Kier alpha value is -1.82. The second kappa shape index (κ2) is 6.00. The number of rotatable bonds is 4. The Labute approximate surface area is 136 Å². The molecule has 1 unspecified atom stereocenters. The molecule has 124 valence electrons. The molecule has 6 heteroatoms. The van der Waals surface area contributed by atoms with Crippen LogP contribution in [0.1, 0.15) is 18.9 Å². The molecule has 1 aliphatic heterocycles. The Balaban J connectivity index is 1.82. The third-order valence-corrected chi connectivity index (χ3v) is 6.38. The third kappa shape index (κ3) is 3.13. The number of benzene rings is 1. The Morgan fingerprint density at radius 2 is 2.09 bits per heavy atom. The highest BCUT2D eigenvalue weighted by atomic mass is 32.2. The van der Waals surface area contributed by atoms with Crippen molar-refractivity contribution < 1.29 is 13.2 Å². The topological polar surface area (TPSA) is 59.4 Å². The fourth-order valence-electron chi connectivity index (χ4n) is 3.49. The summed E-state index contributed by atoms with van der Waals surface area (Å²) >= 11 is 0. The molecule has 1 atom stereocenters. The van der Waals surface area contributed by atoms with Crippen LogP contribution in [0, 0.1) is 0 Å². The number of carbonyl (C=O) groups excluding carboxylic acids is 1. The molecule has 1 fully saturated rings. The molecule has 1 aliphatic rings. The van der Waals surface area contributed by atoms with Crippen molar-refractivity contribution in [3.63, 3.8) is 0 Å². The average molecular weight is 334 g/mol. The number of aromatic nitrogens is 1. The van der Waals surface area contributed by atoms with Gasteiger partial charge in [-0.3, -0.25) is 4.79 Å². The Kier molecular flexibility index (Phi) is 4.19. The van der Waals surface area contributed by atoms with Gasteiger partial charge in [-0.15, -0.1) is 0 Å². The molecule has 1 aromatic heterocycles. The number of hydrogen-bond donors (Lipinski definition) is 0. The molecule has 0 saturated carbocycles. The lowest BCUT2D eigenvalue weighted by Gasteiger charge is -2.26. The molecule has 1 amide bonds. The van der Waals surface area contributed by atoms with Gasteiger partial charge in [0.15, 0.2) is 9.84 Å². The van der Waals surface area contributed by atoms with Crippen LogP contribution in [0.2, 0.25) is 0 Å². The predicted octanol–water partition coefficient (Wildman–Crippen LogP) is 1.76. The van der Waals surface area contributed by atoms with Crippen LogP contribution in [0.25, 0.3) is 10.9 Å². The number of sulfone groups is 1. The van der Waals surface area contributed by atoms with E-state index in [0.29, 0.717) is 19.4 Å². The van der Waals surface area contributed by atoms with Crippen molar-refractivity contribution in [2.45, 2.75) is 25.8 Å². The molecule has 3 rings (SSSR count). The number of fused-ring (bicyclic) bond motifs is 1. The largest absolute Gasteiger partial charge is 0.350 e. The molecule has 0 aliphatic carbocycles. The van der Waals surface area contributed by atoms with E-state index in [4.69, 9.17) is 0 Å². The SMILES string of the molecule is CCN(C(=O)Cc1cn(C)c2ccccc12)C1CCS(=O)(=O)C1. The lowest BCUT2D eigenvalue weighted by molar-refractivity contribution is -0.132. The zero-order valence-electron chi connectivity index (χ0n) is 13.5. The monoisotopic (exact) mass is 334 g/mol. The number of likely N-dealkylation sites (N-methyl/N-ethyl adjacent to an activating group) is 1. The van der Waals surface area contributed by atoms with E-state index in [0.717, 1.165) is 16.5 Å². The lowest BCUT2D eigenvalue weighted by Crippen LogP contribution is -2.41. The minimum Gasteiger partial charge on any atom is -0.350 e. The van der Waals surface area contributed by atoms with Crippen molar-refractivity contribution in [2.24, 2.45) is 7.05 Å². The second-order valence-corrected chi connectivity index (χ2v) is 8.42. The first-order valence-electron chi connectivity index (χ1n) is 7.94. The number of aryl methyl sites for hydroxylation is 1. The number of hydrogen-bond acceptors (Lipinski definition) is 3. The van der Waals surface area contributed by atoms with E-state index in [9.17, 15) is 13.2 Å². The molecule has 2 aromatic rings. The standard InChI is InChI=1S/C17H22N2O3S/c1-3-19(14-8-9-23(21,22)12-14)17(20)10-13-11-18(2)16-7-5-4-6-15(13)16/h4-7,11,14H,3,8-10,12H2,1-2H3. The molecular formula is C17H22N2O3S. The van der Waals surface area contributed by atoms with Gasteiger partial charge in [0.05, 0.1) is 17.9 Å². The number of amides is 1. The van der Waals surface area contributed by atoms with Crippen molar-refractivity contribution in [1.82, 2.24) is 9.47 Å². The summed E-state index contributed by atoms with van der Waals surface area (Å²) in [5, 5.41) is 1.08. The Morgan fingerprint density at radius 3 is 2.74 bits per heavy atom. The summed E-state index contributed by atoms with van der Waals surface area (Å²) in [5.41, 5.74) is 2.09.